The number of carbonyl (C=O) groups excluding carboxylic acids is 2. The first-order valence-corrected chi connectivity index (χ1v) is 7.18. The predicted octanol–water partition coefficient (Wildman–Crippen LogP) is 1.51. The van der Waals surface area contributed by atoms with Gasteiger partial charge in [-0.05, 0) is 24.5 Å². The first-order chi connectivity index (χ1) is 9.63. The fourth-order valence-corrected chi connectivity index (χ4v) is 3.36. The SMILES string of the molecule is O=C1CNC(=O)C2(CCCC2)N1Cc1ccncc1Cl. The standard InChI is InChI=1S/C14H16ClN3O2/c15-11-7-16-6-3-10(11)9-18-12(19)8-17-13(20)14(18)4-1-2-5-14/h3,6-7H,1-2,4-5,8-9H2,(H,17,20). The lowest BCUT2D eigenvalue weighted by Gasteiger charge is -2.43. The Morgan fingerprint density at radius 2 is 2.10 bits per heavy atom. The summed E-state index contributed by atoms with van der Waals surface area (Å²) >= 11 is 6.12. The molecule has 2 fully saturated rings. The Bertz CT molecular complexity index is 555. The summed E-state index contributed by atoms with van der Waals surface area (Å²) in [4.78, 5) is 30.2. The summed E-state index contributed by atoms with van der Waals surface area (Å²) in [6, 6.07) is 1.80. The molecule has 2 amide bonds. The topological polar surface area (TPSA) is 62.3 Å². The van der Waals surface area contributed by atoms with Gasteiger partial charge in [-0.15, -0.1) is 0 Å². The van der Waals surface area contributed by atoms with Crippen molar-refractivity contribution in [3.63, 3.8) is 0 Å². The van der Waals surface area contributed by atoms with Gasteiger partial charge in [0.05, 0.1) is 11.6 Å². The van der Waals surface area contributed by atoms with Gasteiger partial charge in [-0.25, -0.2) is 0 Å². The second kappa shape index (κ2) is 5.05. The van der Waals surface area contributed by atoms with E-state index in [2.05, 4.69) is 10.3 Å². The minimum Gasteiger partial charge on any atom is -0.345 e. The van der Waals surface area contributed by atoms with Crippen molar-refractivity contribution >= 4 is 23.4 Å². The van der Waals surface area contributed by atoms with Gasteiger partial charge < -0.3 is 10.2 Å². The first kappa shape index (κ1) is 13.4. The summed E-state index contributed by atoms with van der Waals surface area (Å²) in [5.41, 5.74) is 0.151. The molecule has 1 saturated carbocycles. The Labute approximate surface area is 122 Å². The molecule has 1 aliphatic heterocycles. The summed E-state index contributed by atoms with van der Waals surface area (Å²) in [5, 5.41) is 3.25. The molecule has 1 aromatic heterocycles. The van der Waals surface area contributed by atoms with Crippen LogP contribution in [0.1, 0.15) is 31.2 Å². The molecule has 1 aliphatic carbocycles. The van der Waals surface area contributed by atoms with Crippen LogP contribution in [0.4, 0.5) is 0 Å². The highest BCUT2D eigenvalue weighted by Crippen LogP contribution is 2.38. The number of pyridine rings is 1. The maximum Gasteiger partial charge on any atom is 0.246 e. The van der Waals surface area contributed by atoms with Crippen molar-refractivity contribution in [1.29, 1.82) is 0 Å². The Hall–Kier alpha value is -1.62. The second-order valence-electron chi connectivity index (χ2n) is 5.37. The van der Waals surface area contributed by atoms with Crippen LogP contribution in [-0.4, -0.2) is 33.8 Å². The summed E-state index contributed by atoms with van der Waals surface area (Å²) in [6.07, 6.45) is 6.62. The van der Waals surface area contributed by atoms with Crippen LogP contribution >= 0.6 is 11.6 Å². The number of hydrogen-bond donors (Lipinski definition) is 1. The van der Waals surface area contributed by atoms with Crippen molar-refractivity contribution in [3.05, 3.63) is 29.0 Å². The molecule has 5 nitrogen and oxygen atoms in total. The zero-order chi connectivity index (χ0) is 14.2. The van der Waals surface area contributed by atoms with Gasteiger partial charge in [0.15, 0.2) is 0 Å². The maximum atomic E-state index is 12.3. The molecule has 1 N–H and O–H groups in total. The number of rotatable bonds is 2. The molecular formula is C14H16ClN3O2. The molecule has 1 aromatic rings. The van der Waals surface area contributed by atoms with Crippen LogP contribution in [-0.2, 0) is 16.1 Å². The van der Waals surface area contributed by atoms with E-state index in [1.807, 2.05) is 0 Å². The smallest absolute Gasteiger partial charge is 0.246 e. The quantitative estimate of drug-likeness (QED) is 0.899. The van der Waals surface area contributed by atoms with Crippen LogP contribution in [0.5, 0.6) is 0 Å². The number of halogens is 1. The summed E-state index contributed by atoms with van der Waals surface area (Å²) in [6.45, 7) is 0.441. The number of carbonyl (C=O) groups is 2. The first-order valence-electron chi connectivity index (χ1n) is 6.81. The predicted molar refractivity (Wildman–Crippen MR) is 74.0 cm³/mol. The molecule has 0 bridgehead atoms. The van der Waals surface area contributed by atoms with E-state index < -0.39 is 5.54 Å². The molecule has 0 radical (unpaired) electrons. The third kappa shape index (κ3) is 2.06. The lowest BCUT2D eigenvalue weighted by atomic mass is 9.91. The van der Waals surface area contributed by atoms with Gasteiger partial charge in [-0.2, -0.15) is 0 Å². The van der Waals surface area contributed by atoms with E-state index >= 15 is 0 Å². The van der Waals surface area contributed by atoms with Crippen molar-refractivity contribution in [2.45, 2.75) is 37.8 Å². The van der Waals surface area contributed by atoms with Crippen molar-refractivity contribution in [2.75, 3.05) is 6.54 Å². The van der Waals surface area contributed by atoms with Gasteiger partial charge >= 0.3 is 0 Å². The van der Waals surface area contributed by atoms with Crippen molar-refractivity contribution in [2.24, 2.45) is 0 Å². The maximum absolute atomic E-state index is 12.3. The molecule has 0 aromatic carbocycles. The molecule has 2 aliphatic rings. The highest BCUT2D eigenvalue weighted by molar-refractivity contribution is 6.31. The molecule has 2 heterocycles. The Kier molecular flexibility index (Phi) is 3.38. The van der Waals surface area contributed by atoms with Crippen molar-refractivity contribution < 1.29 is 9.59 Å². The molecule has 6 heteroatoms. The number of nitrogens with zero attached hydrogens (tertiary/aromatic N) is 2. The van der Waals surface area contributed by atoms with Crippen LogP contribution in [0.15, 0.2) is 18.5 Å². The van der Waals surface area contributed by atoms with E-state index in [0.717, 1.165) is 31.2 Å². The average molecular weight is 294 g/mol. The lowest BCUT2D eigenvalue weighted by molar-refractivity contribution is -0.154. The van der Waals surface area contributed by atoms with Gasteiger partial charge in [0.2, 0.25) is 11.8 Å². The highest BCUT2D eigenvalue weighted by Gasteiger charge is 2.50. The molecule has 1 saturated heterocycles. The summed E-state index contributed by atoms with van der Waals surface area (Å²) < 4.78 is 0. The minimum absolute atomic E-state index is 0.0280. The van der Waals surface area contributed by atoms with Crippen LogP contribution in [0.2, 0.25) is 5.02 Å². The minimum atomic E-state index is -0.679. The van der Waals surface area contributed by atoms with Gasteiger partial charge in [0.25, 0.3) is 0 Å². The largest absolute Gasteiger partial charge is 0.345 e. The molecule has 0 unspecified atom stereocenters. The third-order valence-corrected chi connectivity index (χ3v) is 4.60. The fourth-order valence-electron chi connectivity index (χ4n) is 3.18. The summed E-state index contributed by atoms with van der Waals surface area (Å²) in [7, 11) is 0. The molecule has 3 rings (SSSR count). The van der Waals surface area contributed by atoms with Crippen LogP contribution in [0, 0.1) is 0 Å². The van der Waals surface area contributed by atoms with Crippen LogP contribution < -0.4 is 5.32 Å². The lowest BCUT2D eigenvalue weighted by Crippen LogP contribution is -2.65. The Morgan fingerprint density at radius 3 is 2.80 bits per heavy atom. The van der Waals surface area contributed by atoms with E-state index in [1.165, 1.54) is 0 Å². The average Bonchev–Trinajstić information content (AvgIpc) is 2.92. The van der Waals surface area contributed by atoms with Crippen molar-refractivity contribution in [3.8, 4) is 0 Å². The monoisotopic (exact) mass is 293 g/mol. The van der Waals surface area contributed by atoms with Gasteiger partial charge in [0.1, 0.15) is 5.54 Å². The third-order valence-electron chi connectivity index (χ3n) is 4.26. The summed E-state index contributed by atoms with van der Waals surface area (Å²) in [5.74, 6) is -0.0702. The zero-order valence-corrected chi connectivity index (χ0v) is 11.8. The van der Waals surface area contributed by atoms with Crippen LogP contribution in [0.3, 0.4) is 0 Å². The van der Waals surface area contributed by atoms with Gasteiger partial charge in [-0.1, -0.05) is 24.4 Å². The van der Waals surface area contributed by atoms with E-state index in [1.54, 1.807) is 23.4 Å². The van der Waals surface area contributed by atoms with Crippen LogP contribution in [0.25, 0.3) is 0 Å². The number of nitrogens with one attached hydrogen (secondary N) is 1. The van der Waals surface area contributed by atoms with E-state index in [4.69, 9.17) is 11.6 Å². The molecular weight excluding hydrogens is 278 g/mol. The zero-order valence-electron chi connectivity index (χ0n) is 11.1. The van der Waals surface area contributed by atoms with Gasteiger partial charge in [0, 0.05) is 18.9 Å². The van der Waals surface area contributed by atoms with E-state index in [0.29, 0.717) is 11.6 Å². The number of piperazine rings is 1. The van der Waals surface area contributed by atoms with E-state index in [-0.39, 0.29) is 18.4 Å². The fraction of sp³-hybridized carbons (Fsp3) is 0.500. The number of amides is 2. The highest BCUT2D eigenvalue weighted by atomic mass is 35.5. The van der Waals surface area contributed by atoms with E-state index in [9.17, 15) is 9.59 Å². The van der Waals surface area contributed by atoms with Gasteiger partial charge in [-0.3, -0.25) is 14.6 Å². The second-order valence-corrected chi connectivity index (χ2v) is 5.78. The molecule has 0 atom stereocenters. The number of aromatic nitrogens is 1. The normalized spacial score (nSPS) is 21.4. The Balaban J connectivity index is 1.94. The Morgan fingerprint density at radius 1 is 1.35 bits per heavy atom. The number of hydrogen-bond acceptors (Lipinski definition) is 3. The molecule has 106 valence electrons. The van der Waals surface area contributed by atoms with Crippen molar-refractivity contribution in [1.82, 2.24) is 15.2 Å². The molecule has 1 spiro atoms. The molecule has 20 heavy (non-hydrogen) atoms.